The number of ether oxygens (including phenoxy) is 1. The summed E-state index contributed by atoms with van der Waals surface area (Å²) in [4.78, 5) is 9.89. The van der Waals surface area contributed by atoms with E-state index in [1.165, 1.54) is 33.0 Å². The summed E-state index contributed by atoms with van der Waals surface area (Å²) in [5.41, 5.74) is 10.5. The van der Waals surface area contributed by atoms with Crippen molar-refractivity contribution in [2.75, 3.05) is 0 Å². The van der Waals surface area contributed by atoms with E-state index in [2.05, 4.69) is 159 Å². The molecule has 0 aliphatic carbocycles. The molecule has 4 aromatic heterocycles. The number of aryl methyl sites for hydroxylation is 1. The average Bonchev–Trinajstić information content (AvgIpc) is 3.71. The molecule has 0 saturated carbocycles. The van der Waals surface area contributed by atoms with Gasteiger partial charge in [-0.25, -0.2) is 9.97 Å². The Hall–Kier alpha value is -5.94. The summed E-state index contributed by atoms with van der Waals surface area (Å²) in [6.45, 7) is 11.2. The van der Waals surface area contributed by atoms with Gasteiger partial charge in [0.15, 0.2) is 0 Å². The summed E-state index contributed by atoms with van der Waals surface area (Å²) >= 11 is 0. The molecule has 50 heavy (non-hydrogen) atoms. The molecule has 9 aromatic rings. The molecule has 5 aromatic carbocycles. The van der Waals surface area contributed by atoms with Gasteiger partial charge in [0.2, 0.25) is 0 Å². The third-order valence-electron chi connectivity index (χ3n) is 10.1. The van der Waals surface area contributed by atoms with Gasteiger partial charge in [-0.05, 0) is 95.4 Å². The lowest BCUT2D eigenvalue weighted by atomic mass is 9.87. The summed E-state index contributed by atoms with van der Waals surface area (Å²) in [6.07, 6.45) is 3.94. The molecule has 0 bridgehead atoms. The standard InChI is InChI=1S/C45H38N4O/c1-27(2)32-13-10-14-33(28(3)4)44(32)42-26-47-45-38-24-30(17-19-34(38)35-11-6-9-16-40(35)49(42)45)50-31-18-20-37-36-12-7-8-15-39(36)48(41(37)25-31)43-23-29(5)21-22-46-43/h6-28H,1-5H3. The number of hydrogen-bond donors (Lipinski definition) is 0. The van der Waals surface area contributed by atoms with Crippen molar-refractivity contribution in [1.29, 1.82) is 0 Å². The normalized spacial score (nSPS) is 12.1. The van der Waals surface area contributed by atoms with Crippen LogP contribution < -0.4 is 4.74 Å². The van der Waals surface area contributed by atoms with E-state index in [-0.39, 0.29) is 0 Å². The van der Waals surface area contributed by atoms with Crippen LogP contribution in [0.3, 0.4) is 0 Å². The first-order valence-electron chi connectivity index (χ1n) is 17.5. The van der Waals surface area contributed by atoms with E-state index in [9.17, 15) is 0 Å². The number of fused-ring (bicyclic) bond motifs is 9. The van der Waals surface area contributed by atoms with Crippen molar-refractivity contribution < 1.29 is 4.74 Å². The second-order valence-corrected chi connectivity index (χ2v) is 14.0. The highest BCUT2D eigenvalue weighted by Crippen LogP contribution is 2.41. The summed E-state index contributed by atoms with van der Waals surface area (Å²) in [6, 6.07) is 40.8. The predicted octanol–water partition coefficient (Wildman–Crippen LogP) is 12.1. The van der Waals surface area contributed by atoms with Crippen LogP contribution in [-0.2, 0) is 0 Å². The van der Waals surface area contributed by atoms with Gasteiger partial charge in [-0.15, -0.1) is 0 Å². The van der Waals surface area contributed by atoms with Gasteiger partial charge < -0.3 is 4.74 Å². The highest BCUT2D eigenvalue weighted by atomic mass is 16.5. The molecule has 9 rings (SSSR count). The van der Waals surface area contributed by atoms with Crippen molar-refractivity contribution in [2.45, 2.75) is 46.5 Å². The van der Waals surface area contributed by atoms with Gasteiger partial charge in [-0.1, -0.05) is 82.3 Å². The van der Waals surface area contributed by atoms with Gasteiger partial charge in [0.1, 0.15) is 23.0 Å². The Kier molecular flexibility index (Phi) is 6.99. The van der Waals surface area contributed by atoms with Crippen molar-refractivity contribution >= 4 is 49.1 Å². The van der Waals surface area contributed by atoms with Crippen LogP contribution in [0.25, 0.3) is 66.2 Å². The van der Waals surface area contributed by atoms with Crippen molar-refractivity contribution in [3.8, 4) is 28.6 Å². The maximum absolute atomic E-state index is 6.69. The molecule has 5 heteroatoms. The van der Waals surface area contributed by atoms with Gasteiger partial charge in [0.25, 0.3) is 0 Å². The minimum atomic E-state index is 0.374. The molecule has 4 heterocycles. The minimum Gasteiger partial charge on any atom is -0.457 e. The zero-order valence-corrected chi connectivity index (χ0v) is 29.0. The smallest absolute Gasteiger partial charge is 0.145 e. The first kappa shape index (κ1) is 30.1. The molecule has 0 spiro atoms. The van der Waals surface area contributed by atoms with Crippen LogP contribution >= 0.6 is 0 Å². The molecule has 0 amide bonds. The quantitative estimate of drug-likeness (QED) is 0.168. The fraction of sp³-hybridized carbons (Fsp3) is 0.156. The van der Waals surface area contributed by atoms with Crippen molar-refractivity contribution in [3.05, 3.63) is 144 Å². The lowest BCUT2D eigenvalue weighted by molar-refractivity contribution is 0.484. The molecule has 0 N–H and O–H groups in total. The van der Waals surface area contributed by atoms with E-state index in [1.807, 2.05) is 12.3 Å². The second kappa shape index (κ2) is 11.6. The summed E-state index contributed by atoms with van der Waals surface area (Å²) in [7, 11) is 0. The minimum absolute atomic E-state index is 0.374. The van der Waals surface area contributed by atoms with Crippen LogP contribution in [0.4, 0.5) is 0 Å². The van der Waals surface area contributed by atoms with Gasteiger partial charge in [-0.2, -0.15) is 0 Å². The van der Waals surface area contributed by atoms with Crippen LogP contribution in [0.1, 0.15) is 56.2 Å². The number of nitrogens with zero attached hydrogens (tertiary/aromatic N) is 4. The van der Waals surface area contributed by atoms with Crippen molar-refractivity contribution in [2.24, 2.45) is 0 Å². The third-order valence-corrected chi connectivity index (χ3v) is 10.1. The maximum atomic E-state index is 6.69. The molecule has 0 aliphatic rings. The first-order chi connectivity index (χ1) is 24.4. The Labute approximate surface area is 291 Å². The number of aromatic nitrogens is 4. The number of rotatable bonds is 6. The lowest BCUT2D eigenvalue weighted by Crippen LogP contribution is -2.02. The van der Waals surface area contributed by atoms with E-state index in [0.717, 1.165) is 61.4 Å². The van der Waals surface area contributed by atoms with Gasteiger partial charge in [-0.3, -0.25) is 8.97 Å². The molecule has 0 aliphatic heterocycles. The zero-order valence-electron chi connectivity index (χ0n) is 29.0. The van der Waals surface area contributed by atoms with Crippen LogP contribution in [0.2, 0.25) is 0 Å². The number of imidazole rings is 1. The SMILES string of the molecule is Cc1ccnc(-n2c3ccccc3c3ccc(Oc4ccc5c6ccccc6n6c(-c7c(C(C)C)cccc7C(C)C)cnc6c5c4)cc32)c1. The number of para-hydroxylation sites is 2. The molecule has 0 saturated heterocycles. The molecular formula is C45H38N4O. The molecule has 244 valence electrons. The topological polar surface area (TPSA) is 44.4 Å². The van der Waals surface area contributed by atoms with Crippen molar-refractivity contribution in [3.63, 3.8) is 0 Å². The largest absolute Gasteiger partial charge is 0.457 e. The highest BCUT2D eigenvalue weighted by molar-refractivity contribution is 6.13. The highest BCUT2D eigenvalue weighted by Gasteiger charge is 2.22. The third kappa shape index (κ3) is 4.68. The monoisotopic (exact) mass is 650 g/mol. The molecule has 0 fully saturated rings. The Bertz CT molecular complexity index is 2740. The Morgan fingerprint density at radius 2 is 1.20 bits per heavy atom. The summed E-state index contributed by atoms with van der Waals surface area (Å²) < 4.78 is 11.3. The Balaban J connectivity index is 1.23. The van der Waals surface area contributed by atoms with Gasteiger partial charge >= 0.3 is 0 Å². The van der Waals surface area contributed by atoms with Crippen LogP contribution in [0.5, 0.6) is 11.5 Å². The molecule has 0 unspecified atom stereocenters. The van der Waals surface area contributed by atoms with Crippen molar-refractivity contribution in [1.82, 2.24) is 18.9 Å². The van der Waals surface area contributed by atoms with E-state index < -0.39 is 0 Å². The molecule has 5 nitrogen and oxygen atoms in total. The summed E-state index contributed by atoms with van der Waals surface area (Å²) in [5.74, 6) is 3.17. The zero-order chi connectivity index (χ0) is 34.1. The van der Waals surface area contributed by atoms with Crippen LogP contribution in [-0.4, -0.2) is 18.9 Å². The first-order valence-corrected chi connectivity index (χ1v) is 17.5. The maximum Gasteiger partial charge on any atom is 0.145 e. The van der Waals surface area contributed by atoms with E-state index >= 15 is 0 Å². The second-order valence-electron chi connectivity index (χ2n) is 14.0. The fourth-order valence-corrected chi connectivity index (χ4v) is 7.75. The average molecular weight is 651 g/mol. The Morgan fingerprint density at radius 3 is 1.92 bits per heavy atom. The van der Waals surface area contributed by atoms with Gasteiger partial charge in [0.05, 0.1) is 28.4 Å². The predicted molar refractivity (Wildman–Crippen MR) is 207 cm³/mol. The van der Waals surface area contributed by atoms with E-state index in [1.54, 1.807) is 0 Å². The van der Waals surface area contributed by atoms with Crippen LogP contribution in [0, 0.1) is 6.92 Å². The van der Waals surface area contributed by atoms with Crippen LogP contribution in [0.15, 0.2) is 128 Å². The molecular weight excluding hydrogens is 613 g/mol. The number of hydrogen-bond acceptors (Lipinski definition) is 3. The number of benzene rings is 5. The Morgan fingerprint density at radius 1 is 0.560 bits per heavy atom. The lowest BCUT2D eigenvalue weighted by Gasteiger charge is -2.20. The number of pyridine rings is 2. The van der Waals surface area contributed by atoms with E-state index in [4.69, 9.17) is 14.7 Å². The molecule has 0 radical (unpaired) electrons. The molecule has 0 atom stereocenters. The summed E-state index contributed by atoms with van der Waals surface area (Å²) in [5, 5.41) is 5.74. The van der Waals surface area contributed by atoms with Gasteiger partial charge in [0, 0.05) is 39.4 Å². The fourth-order valence-electron chi connectivity index (χ4n) is 7.75. The van der Waals surface area contributed by atoms with E-state index in [0.29, 0.717) is 11.8 Å².